The lowest BCUT2D eigenvalue weighted by atomic mass is 10.1. The highest BCUT2D eigenvalue weighted by atomic mass is 32.2. The van der Waals surface area contributed by atoms with E-state index in [0.717, 1.165) is 11.4 Å². The molecule has 0 saturated heterocycles. The highest BCUT2D eigenvalue weighted by Crippen LogP contribution is 2.21. The zero-order valence-corrected chi connectivity index (χ0v) is 18.0. The highest BCUT2D eigenvalue weighted by Gasteiger charge is 2.10. The monoisotopic (exact) mass is 430 g/mol. The second-order valence-corrected chi connectivity index (χ2v) is 8.58. The molecular weight excluding hydrogens is 407 g/mol. The predicted molar refractivity (Wildman–Crippen MR) is 117 cm³/mol. The van der Waals surface area contributed by atoms with Gasteiger partial charge in [-0.15, -0.1) is 10.2 Å². The summed E-state index contributed by atoms with van der Waals surface area (Å²) in [5, 5.41) is 11.7. The van der Waals surface area contributed by atoms with Crippen LogP contribution in [0.15, 0.2) is 53.9 Å². The third kappa shape index (κ3) is 6.08. The minimum absolute atomic E-state index is 0.0591. The third-order valence-electron chi connectivity index (χ3n) is 4.40. The second-order valence-electron chi connectivity index (χ2n) is 6.53. The number of nitrogens with one attached hydrogen (secondary N) is 1. The second kappa shape index (κ2) is 10.5. The molecule has 0 aliphatic carbocycles. The Kier molecular flexibility index (Phi) is 7.71. The molecule has 29 heavy (non-hydrogen) atoms. The number of benzene rings is 2. The van der Waals surface area contributed by atoms with Crippen molar-refractivity contribution in [2.45, 2.75) is 24.8 Å². The Balaban J connectivity index is 1.42. The average Bonchev–Trinajstić information content (AvgIpc) is 3.18. The van der Waals surface area contributed by atoms with Crippen molar-refractivity contribution < 1.29 is 9.18 Å². The number of aryl methyl sites for hydroxylation is 2. The SMILES string of the molecule is Cc1ccc(-n2cnnc2SCC(=O)NCCSCc2ccccc2F)cc1C. The fraction of sp³-hybridized carbons (Fsp3) is 0.286. The lowest BCUT2D eigenvalue weighted by Gasteiger charge is -2.09. The normalized spacial score (nSPS) is 10.9. The van der Waals surface area contributed by atoms with Crippen molar-refractivity contribution in [3.05, 3.63) is 71.3 Å². The first kappa shape index (κ1) is 21.4. The molecule has 0 bridgehead atoms. The van der Waals surface area contributed by atoms with Crippen LogP contribution < -0.4 is 5.32 Å². The molecule has 1 amide bonds. The van der Waals surface area contributed by atoms with Crippen molar-refractivity contribution in [2.75, 3.05) is 18.1 Å². The summed E-state index contributed by atoms with van der Waals surface area (Å²) in [5.41, 5.74) is 4.08. The van der Waals surface area contributed by atoms with Gasteiger partial charge in [-0.1, -0.05) is 36.0 Å². The summed E-state index contributed by atoms with van der Waals surface area (Å²) in [7, 11) is 0. The number of aromatic nitrogens is 3. The topological polar surface area (TPSA) is 59.8 Å². The third-order valence-corrected chi connectivity index (χ3v) is 6.35. The quantitative estimate of drug-likeness (QED) is 0.408. The number of rotatable bonds is 9. The van der Waals surface area contributed by atoms with Gasteiger partial charge in [0.1, 0.15) is 12.1 Å². The van der Waals surface area contributed by atoms with E-state index in [2.05, 4.69) is 41.5 Å². The van der Waals surface area contributed by atoms with Gasteiger partial charge in [-0.3, -0.25) is 9.36 Å². The minimum Gasteiger partial charge on any atom is -0.355 e. The fourth-order valence-electron chi connectivity index (χ4n) is 2.62. The number of halogens is 1. The van der Waals surface area contributed by atoms with Crippen molar-refractivity contribution >= 4 is 29.4 Å². The molecule has 152 valence electrons. The Morgan fingerprint density at radius 2 is 2.00 bits per heavy atom. The van der Waals surface area contributed by atoms with E-state index in [1.54, 1.807) is 30.2 Å². The van der Waals surface area contributed by atoms with E-state index in [4.69, 9.17) is 0 Å². The van der Waals surface area contributed by atoms with Crippen molar-refractivity contribution in [1.29, 1.82) is 0 Å². The van der Waals surface area contributed by atoms with Gasteiger partial charge >= 0.3 is 0 Å². The Morgan fingerprint density at radius 1 is 1.17 bits per heavy atom. The van der Waals surface area contributed by atoms with Gasteiger partial charge in [0.2, 0.25) is 5.91 Å². The lowest BCUT2D eigenvalue weighted by molar-refractivity contribution is -0.118. The number of hydrogen-bond acceptors (Lipinski definition) is 5. The summed E-state index contributed by atoms with van der Waals surface area (Å²) in [5.74, 6) is 1.34. The maximum atomic E-state index is 13.6. The molecule has 0 fully saturated rings. The van der Waals surface area contributed by atoms with E-state index < -0.39 is 0 Å². The minimum atomic E-state index is -0.187. The van der Waals surface area contributed by atoms with Crippen molar-refractivity contribution in [3.63, 3.8) is 0 Å². The molecule has 5 nitrogen and oxygen atoms in total. The summed E-state index contributed by atoms with van der Waals surface area (Å²) in [4.78, 5) is 12.1. The van der Waals surface area contributed by atoms with E-state index >= 15 is 0 Å². The Hall–Kier alpha value is -2.32. The number of nitrogens with zero attached hydrogens (tertiary/aromatic N) is 3. The van der Waals surface area contributed by atoms with Gasteiger partial charge in [0, 0.05) is 23.7 Å². The zero-order chi connectivity index (χ0) is 20.6. The van der Waals surface area contributed by atoms with Crippen molar-refractivity contribution in [1.82, 2.24) is 20.1 Å². The first-order chi connectivity index (χ1) is 14.0. The molecule has 1 heterocycles. The molecule has 0 unspecified atom stereocenters. The Bertz CT molecular complexity index is 977. The summed E-state index contributed by atoms with van der Waals surface area (Å²) < 4.78 is 15.4. The lowest BCUT2D eigenvalue weighted by Crippen LogP contribution is -2.27. The molecule has 0 aliphatic rings. The van der Waals surface area contributed by atoms with Crippen molar-refractivity contribution in [3.8, 4) is 5.69 Å². The van der Waals surface area contributed by atoms with E-state index in [-0.39, 0.29) is 17.5 Å². The molecule has 3 aromatic rings. The largest absolute Gasteiger partial charge is 0.355 e. The van der Waals surface area contributed by atoms with Crippen LogP contribution in [0.3, 0.4) is 0 Å². The molecule has 1 aromatic heterocycles. The first-order valence-electron chi connectivity index (χ1n) is 9.23. The fourth-order valence-corrected chi connectivity index (χ4v) is 4.22. The number of carbonyl (C=O) groups excluding carboxylic acids is 1. The van der Waals surface area contributed by atoms with Crippen LogP contribution >= 0.6 is 23.5 Å². The van der Waals surface area contributed by atoms with Gasteiger partial charge in [-0.2, -0.15) is 11.8 Å². The molecular formula is C21H23FN4OS2. The van der Waals surface area contributed by atoms with Crippen LogP contribution in [0.1, 0.15) is 16.7 Å². The molecule has 0 spiro atoms. The molecule has 1 N–H and O–H groups in total. The van der Waals surface area contributed by atoms with E-state index in [0.29, 0.717) is 23.0 Å². The number of hydrogen-bond donors (Lipinski definition) is 1. The van der Waals surface area contributed by atoms with Crippen LogP contribution in [-0.2, 0) is 10.5 Å². The summed E-state index contributed by atoms with van der Waals surface area (Å²) in [6.07, 6.45) is 1.66. The van der Waals surface area contributed by atoms with E-state index in [9.17, 15) is 9.18 Å². The standard InChI is InChI=1S/C21H23FN4OS2/c1-15-7-8-18(11-16(15)2)26-14-24-25-21(26)29-13-20(27)23-9-10-28-12-17-5-3-4-6-19(17)22/h3-8,11,14H,9-10,12-13H2,1-2H3,(H,23,27). The number of amides is 1. The predicted octanol–water partition coefficient (Wildman–Crippen LogP) is 4.16. The summed E-state index contributed by atoms with van der Waals surface area (Å²) in [6, 6.07) is 12.9. The maximum absolute atomic E-state index is 13.6. The zero-order valence-electron chi connectivity index (χ0n) is 16.4. The van der Waals surface area contributed by atoms with E-state index in [1.165, 1.54) is 29.0 Å². The van der Waals surface area contributed by atoms with Crippen LogP contribution in [0, 0.1) is 19.7 Å². The number of thioether (sulfide) groups is 2. The molecule has 8 heteroatoms. The molecule has 0 saturated carbocycles. The maximum Gasteiger partial charge on any atom is 0.230 e. The van der Waals surface area contributed by atoms with Gasteiger partial charge in [-0.25, -0.2) is 4.39 Å². The van der Waals surface area contributed by atoms with Gasteiger partial charge in [0.05, 0.1) is 5.75 Å². The molecule has 2 aromatic carbocycles. The Morgan fingerprint density at radius 3 is 2.79 bits per heavy atom. The van der Waals surface area contributed by atoms with Crippen molar-refractivity contribution in [2.24, 2.45) is 0 Å². The van der Waals surface area contributed by atoms with Gasteiger partial charge in [0.25, 0.3) is 0 Å². The molecule has 0 radical (unpaired) electrons. The first-order valence-corrected chi connectivity index (χ1v) is 11.4. The molecule has 0 aliphatic heterocycles. The number of carbonyl (C=O) groups is 1. The van der Waals surface area contributed by atoms with Crippen LogP contribution in [0.25, 0.3) is 5.69 Å². The van der Waals surface area contributed by atoms with Crippen LogP contribution in [0.2, 0.25) is 0 Å². The molecule has 0 atom stereocenters. The van der Waals surface area contributed by atoms with E-state index in [1.807, 2.05) is 16.7 Å². The summed E-state index contributed by atoms with van der Waals surface area (Å²) >= 11 is 2.94. The molecule has 3 rings (SSSR count). The highest BCUT2D eigenvalue weighted by molar-refractivity contribution is 7.99. The van der Waals surface area contributed by atoms with Gasteiger partial charge in [-0.05, 0) is 48.7 Å². The smallest absolute Gasteiger partial charge is 0.230 e. The van der Waals surface area contributed by atoms with Crippen LogP contribution in [-0.4, -0.2) is 38.7 Å². The van der Waals surface area contributed by atoms with Crippen LogP contribution in [0.5, 0.6) is 0 Å². The average molecular weight is 431 g/mol. The van der Waals surface area contributed by atoms with Gasteiger partial charge < -0.3 is 5.32 Å². The van der Waals surface area contributed by atoms with Crippen LogP contribution in [0.4, 0.5) is 4.39 Å². The van der Waals surface area contributed by atoms with Gasteiger partial charge in [0.15, 0.2) is 5.16 Å². The Labute approximate surface area is 178 Å². The summed E-state index contributed by atoms with van der Waals surface area (Å²) in [6.45, 7) is 4.68.